The normalized spacial score (nSPS) is 10.4. The number of hydrogen-bond donors (Lipinski definition) is 1. The average molecular weight is 311 g/mol. The Morgan fingerprint density at radius 3 is 3.00 bits per heavy atom. The minimum absolute atomic E-state index is 0.168. The molecule has 0 spiro atoms. The van der Waals surface area contributed by atoms with Gasteiger partial charge >= 0.3 is 5.97 Å². The summed E-state index contributed by atoms with van der Waals surface area (Å²) in [5.41, 5.74) is 3.87. The second-order valence-corrected chi connectivity index (χ2v) is 5.68. The minimum Gasteiger partial charge on any atom is -0.466 e. The molecule has 0 unspecified atom stereocenters. The van der Waals surface area contributed by atoms with Crippen molar-refractivity contribution < 1.29 is 9.53 Å². The van der Waals surface area contributed by atoms with Crippen molar-refractivity contribution in [3.05, 3.63) is 27.7 Å². The molecule has 1 N–H and O–H groups in total. The summed E-state index contributed by atoms with van der Waals surface area (Å²) in [6, 6.07) is 0. The summed E-state index contributed by atoms with van der Waals surface area (Å²) in [6.07, 6.45) is 1.90. The van der Waals surface area contributed by atoms with E-state index in [1.807, 2.05) is 23.2 Å². The van der Waals surface area contributed by atoms with E-state index in [9.17, 15) is 4.79 Å². The smallest absolute Gasteiger partial charge is 0.306 e. The molecule has 0 aromatic carbocycles. The Balaban J connectivity index is 1.70. The quantitative estimate of drug-likeness (QED) is 0.759. The Bertz CT molecular complexity index is 525. The van der Waals surface area contributed by atoms with Crippen molar-refractivity contribution in [2.75, 3.05) is 18.5 Å². The molecule has 0 aliphatic heterocycles. The van der Waals surface area contributed by atoms with E-state index in [1.54, 1.807) is 22.7 Å². The van der Waals surface area contributed by atoms with Gasteiger partial charge in [-0.15, -0.1) is 22.7 Å². The molecule has 108 valence electrons. The molecule has 0 bridgehead atoms. The van der Waals surface area contributed by atoms with Crippen LogP contribution < -0.4 is 5.32 Å². The lowest BCUT2D eigenvalue weighted by Gasteiger charge is -2.00. The van der Waals surface area contributed by atoms with Crippen LogP contribution >= 0.6 is 22.7 Å². The summed E-state index contributed by atoms with van der Waals surface area (Å²) < 4.78 is 4.89. The van der Waals surface area contributed by atoms with Crippen LogP contribution in [0.15, 0.2) is 16.3 Å². The zero-order valence-electron chi connectivity index (χ0n) is 11.3. The second kappa shape index (κ2) is 7.96. The Hall–Kier alpha value is -1.47. The molecule has 2 aromatic rings. The van der Waals surface area contributed by atoms with Crippen LogP contribution in [-0.2, 0) is 22.4 Å². The first-order chi connectivity index (χ1) is 9.78. The van der Waals surface area contributed by atoms with Gasteiger partial charge in [-0.25, -0.2) is 9.97 Å². The minimum atomic E-state index is -0.168. The second-order valence-electron chi connectivity index (χ2n) is 4.11. The van der Waals surface area contributed by atoms with Gasteiger partial charge in [0.2, 0.25) is 0 Å². The largest absolute Gasteiger partial charge is 0.466 e. The van der Waals surface area contributed by atoms with E-state index in [0.717, 1.165) is 29.5 Å². The third kappa shape index (κ3) is 4.90. The van der Waals surface area contributed by atoms with Gasteiger partial charge in [0.05, 0.1) is 29.9 Å². The highest BCUT2D eigenvalue weighted by atomic mass is 32.1. The van der Waals surface area contributed by atoms with E-state index in [0.29, 0.717) is 19.4 Å². The first kappa shape index (κ1) is 14.9. The van der Waals surface area contributed by atoms with Gasteiger partial charge in [0, 0.05) is 30.1 Å². The molecule has 0 aliphatic carbocycles. The maximum atomic E-state index is 11.3. The zero-order valence-corrected chi connectivity index (χ0v) is 12.9. The number of nitrogens with zero attached hydrogens (tertiary/aromatic N) is 2. The number of rotatable bonds is 8. The lowest BCUT2D eigenvalue weighted by molar-refractivity contribution is -0.143. The number of carbonyl (C=O) groups excluding carboxylic acids is 1. The van der Waals surface area contributed by atoms with Gasteiger partial charge in [-0.05, 0) is 6.92 Å². The van der Waals surface area contributed by atoms with Crippen molar-refractivity contribution in [2.24, 2.45) is 0 Å². The Morgan fingerprint density at radius 1 is 1.35 bits per heavy atom. The van der Waals surface area contributed by atoms with Crippen LogP contribution in [0.2, 0.25) is 0 Å². The maximum Gasteiger partial charge on any atom is 0.306 e. The molecular weight excluding hydrogens is 294 g/mol. The van der Waals surface area contributed by atoms with E-state index in [1.165, 1.54) is 0 Å². The number of aromatic nitrogens is 2. The topological polar surface area (TPSA) is 64.1 Å². The van der Waals surface area contributed by atoms with Gasteiger partial charge in [-0.2, -0.15) is 0 Å². The van der Waals surface area contributed by atoms with Gasteiger partial charge in [0.1, 0.15) is 0 Å². The molecule has 2 heterocycles. The van der Waals surface area contributed by atoms with Crippen LogP contribution in [0.5, 0.6) is 0 Å². The highest BCUT2D eigenvalue weighted by Gasteiger charge is 2.06. The number of thiazole rings is 2. The molecule has 0 radical (unpaired) electrons. The molecule has 2 rings (SSSR count). The molecule has 0 saturated carbocycles. The number of carbonyl (C=O) groups is 1. The summed E-state index contributed by atoms with van der Waals surface area (Å²) in [4.78, 5) is 19.9. The summed E-state index contributed by atoms with van der Waals surface area (Å²) in [5.74, 6) is -0.168. The van der Waals surface area contributed by atoms with Crippen LogP contribution in [-0.4, -0.2) is 29.1 Å². The van der Waals surface area contributed by atoms with Crippen molar-refractivity contribution in [2.45, 2.75) is 26.2 Å². The zero-order chi connectivity index (χ0) is 14.2. The van der Waals surface area contributed by atoms with Crippen molar-refractivity contribution in [1.82, 2.24) is 9.97 Å². The number of nitrogens with one attached hydrogen (secondary N) is 1. The van der Waals surface area contributed by atoms with Crippen molar-refractivity contribution >= 4 is 33.8 Å². The molecular formula is C13H17N3O2S2. The molecule has 5 nitrogen and oxygen atoms in total. The van der Waals surface area contributed by atoms with Gasteiger partial charge in [0.25, 0.3) is 0 Å². The maximum absolute atomic E-state index is 11.3. The lowest BCUT2D eigenvalue weighted by atomic mass is 10.2. The molecule has 20 heavy (non-hydrogen) atoms. The summed E-state index contributed by atoms with van der Waals surface area (Å²) in [7, 11) is 0. The fourth-order valence-corrected chi connectivity index (χ4v) is 2.99. The van der Waals surface area contributed by atoms with E-state index in [2.05, 4.69) is 15.3 Å². The Morgan fingerprint density at radius 2 is 2.25 bits per heavy atom. The summed E-state index contributed by atoms with van der Waals surface area (Å²) in [5, 5.41) is 8.19. The Kier molecular flexibility index (Phi) is 5.94. The van der Waals surface area contributed by atoms with Gasteiger partial charge < -0.3 is 10.1 Å². The Labute approximate surface area is 126 Å². The average Bonchev–Trinajstić information content (AvgIpc) is 3.08. The molecule has 0 aliphatic rings. The van der Waals surface area contributed by atoms with Crippen LogP contribution in [0.1, 0.15) is 24.7 Å². The number of ether oxygens (including phenoxy) is 1. The van der Waals surface area contributed by atoms with E-state index < -0.39 is 0 Å². The number of esters is 1. The molecule has 0 amide bonds. The standard InChI is InChI=1S/C13H17N3O2S2/c1-2-18-12(17)4-3-11-8-20-13(16-11)14-6-5-10-7-19-9-15-10/h7-9H,2-6H2,1H3,(H,14,16). The summed E-state index contributed by atoms with van der Waals surface area (Å²) >= 11 is 3.17. The van der Waals surface area contributed by atoms with Crippen LogP contribution in [0.25, 0.3) is 0 Å². The molecule has 0 fully saturated rings. The van der Waals surface area contributed by atoms with Crippen LogP contribution in [0.3, 0.4) is 0 Å². The monoisotopic (exact) mass is 311 g/mol. The molecule has 0 saturated heterocycles. The fourth-order valence-electron chi connectivity index (χ4n) is 1.62. The predicted molar refractivity (Wildman–Crippen MR) is 81.4 cm³/mol. The van der Waals surface area contributed by atoms with E-state index >= 15 is 0 Å². The molecule has 0 atom stereocenters. The lowest BCUT2D eigenvalue weighted by Crippen LogP contribution is -2.06. The fraction of sp³-hybridized carbons (Fsp3) is 0.462. The van der Waals surface area contributed by atoms with E-state index in [4.69, 9.17) is 4.74 Å². The van der Waals surface area contributed by atoms with Gasteiger partial charge in [-0.1, -0.05) is 0 Å². The number of anilines is 1. The van der Waals surface area contributed by atoms with Crippen molar-refractivity contribution in [3.8, 4) is 0 Å². The van der Waals surface area contributed by atoms with Crippen molar-refractivity contribution in [3.63, 3.8) is 0 Å². The number of aryl methyl sites for hydroxylation is 1. The highest BCUT2D eigenvalue weighted by Crippen LogP contribution is 2.16. The first-order valence-corrected chi connectivity index (χ1v) is 8.31. The van der Waals surface area contributed by atoms with Crippen LogP contribution in [0.4, 0.5) is 5.13 Å². The van der Waals surface area contributed by atoms with Gasteiger partial charge in [0.15, 0.2) is 5.13 Å². The SMILES string of the molecule is CCOC(=O)CCc1csc(NCCc2cscn2)n1. The molecule has 7 heteroatoms. The molecule has 2 aromatic heterocycles. The third-order valence-corrected chi connectivity index (χ3v) is 4.07. The number of hydrogen-bond acceptors (Lipinski definition) is 7. The predicted octanol–water partition coefficient (Wildman–Crippen LogP) is 2.75. The van der Waals surface area contributed by atoms with Crippen molar-refractivity contribution in [1.29, 1.82) is 0 Å². The first-order valence-electron chi connectivity index (χ1n) is 6.49. The summed E-state index contributed by atoms with van der Waals surface area (Å²) in [6.45, 7) is 3.05. The van der Waals surface area contributed by atoms with Crippen LogP contribution in [0, 0.1) is 0 Å². The highest BCUT2D eigenvalue weighted by molar-refractivity contribution is 7.13. The van der Waals surface area contributed by atoms with Gasteiger partial charge in [-0.3, -0.25) is 4.79 Å². The van der Waals surface area contributed by atoms with E-state index in [-0.39, 0.29) is 5.97 Å². The third-order valence-electron chi connectivity index (χ3n) is 2.58.